The Morgan fingerprint density at radius 2 is 1.97 bits per heavy atom. The molecule has 1 aromatic heterocycles. The van der Waals surface area contributed by atoms with Crippen molar-refractivity contribution in [1.82, 2.24) is 4.57 Å². The number of fused-ring (bicyclic) bond motifs is 1. The topological polar surface area (TPSA) is 118 Å². The molecule has 1 amide bonds. The molecule has 1 aliphatic rings. The largest absolute Gasteiger partial charge is 0.491 e. The summed E-state index contributed by atoms with van der Waals surface area (Å²) in [5.74, 6) is -1.21. The van der Waals surface area contributed by atoms with E-state index in [4.69, 9.17) is 9.84 Å². The van der Waals surface area contributed by atoms with E-state index in [0.717, 1.165) is 0 Å². The normalized spacial score (nSPS) is 18.1. The van der Waals surface area contributed by atoms with Crippen molar-refractivity contribution in [2.45, 2.75) is 38.2 Å². The van der Waals surface area contributed by atoms with Crippen LogP contribution in [0.15, 0.2) is 53.5 Å². The molecule has 0 saturated carbocycles. The van der Waals surface area contributed by atoms with Crippen molar-refractivity contribution in [2.75, 3.05) is 32.3 Å². The fourth-order valence-corrected chi connectivity index (χ4v) is 4.30. The van der Waals surface area contributed by atoms with Crippen molar-refractivity contribution in [3.8, 4) is 11.4 Å². The number of nitrogens with zero attached hydrogens (tertiary/aromatic N) is 2. The number of rotatable bonds is 11. The molecule has 1 aromatic carbocycles. The van der Waals surface area contributed by atoms with E-state index in [1.165, 1.54) is 23.7 Å². The summed E-state index contributed by atoms with van der Waals surface area (Å²) in [4.78, 5) is 39.3. The van der Waals surface area contributed by atoms with Crippen LogP contribution in [0.1, 0.15) is 38.2 Å². The van der Waals surface area contributed by atoms with Crippen LogP contribution in [0, 0.1) is 5.92 Å². The molecule has 0 aliphatic carbocycles. The molecular formula is C26H32N2O7. The summed E-state index contributed by atoms with van der Waals surface area (Å²) in [5, 5.41) is 20.9. The Hall–Kier alpha value is -3.43. The van der Waals surface area contributed by atoms with Crippen LogP contribution in [-0.2, 0) is 19.9 Å². The van der Waals surface area contributed by atoms with Crippen molar-refractivity contribution in [3.63, 3.8) is 0 Å². The van der Waals surface area contributed by atoms with Gasteiger partial charge in [0.05, 0.1) is 19.9 Å². The SMILES string of the molecule is COC(=O)CCCCN1C(=O)[C@](O)([C@H](C)/C=C/CCO)c2cc(-n3cccc(OC)c3=O)ccc21. The highest BCUT2D eigenvalue weighted by atomic mass is 16.5. The first-order valence-electron chi connectivity index (χ1n) is 11.6. The predicted molar refractivity (Wildman–Crippen MR) is 131 cm³/mol. The molecule has 35 heavy (non-hydrogen) atoms. The van der Waals surface area contributed by atoms with Gasteiger partial charge in [-0.2, -0.15) is 0 Å². The summed E-state index contributed by atoms with van der Waals surface area (Å²) in [6.45, 7) is 2.01. The number of aliphatic hydroxyl groups is 2. The first-order valence-corrected chi connectivity index (χ1v) is 11.6. The van der Waals surface area contributed by atoms with E-state index in [1.807, 2.05) is 0 Å². The highest BCUT2D eigenvalue weighted by Crippen LogP contribution is 2.46. The van der Waals surface area contributed by atoms with Crippen LogP contribution in [0.3, 0.4) is 0 Å². The molecule has 0 spiro atoms. The molecule has 1 aliphatic heterocycles. The number of hydrogen-bond donors (Lipinski definition) is 2. The lowest BCUT2D eigenvalue weighted by atomic mass is 9.82. The van der Waals surface area contributed by atoms with Crippen LogP contribution >= 0.6 is 0 Å². The van der Waals surface area contributed by atoms with Gasteiger partial charge in [-0.25, -0.2) is 0 Å². The van der Waals surface area contributed by atoms with E-state index in [-0.39, 0.29) is 30.3 Å². The zero-order valence-electron chi connectivity index (χ0n) is 20.3. The van der Waals surface area contributed by atoms with Gasteiger partial charge in [0.2, 0.25) is 0 Å². The number of carbonyl (C=O) groups excluding carboxylic acids is 2. The Balaban J connectivity index is 2.02. The summed E-state index contributed by atoms with van der Waals surface area (Å²) in [6, 6.07) is 8.33. The van der Waals surface area contributed by atoms with Gasteiger partial charge in [0.1, 0.15) is 0 Å². The zero-order chi connectivity index (χ0) is 25.6. The van der Waals surface area contributed by atoms with Crippen LogP contribution in [0.5, 0.6) is 5.75 Å². The van der Waals surface area contributed by atoms with Gasteiger partial charge in [-0.05, 0) is 49.6 Å². The molecule has 2 N–H and O–H groups in total. The van der Waals surface area contributed by atoms with Gasteiger partial charge >= 0.3 is 5.97 Å². The molecule has 0 radical (unpaired) electrons. The molecule has 0 fully saturated rings. The third-order valence-electron chi connectivity index (χ3n) is 6.28. The number of esters is 1. The third-order valence-corrected chi connectivity index (χ3v) is 6.28. The maximum atomic E-state index is 13.6. The molecule has 3 rings (SSSR count). The number of benzene rings is 1. The second-order valence-corrected chi connectivity index (χ2v) is 8.44. The van der Waals surface area contributed by atoms with Crippen molar-refractivity contribution in [2.24, 2.45) is 5.92 Å². The van der Waals surface area contributed by atoms with Crippen LogP contribution in [0.25, 0.3) is 5.69 Å². The first-order chi connectivity index (χ1) is 16.8. The number of aromatic nitrogens is 1. The van der Waals surface area contributed by atoms with Gasteiger partial charge in [-0.15, -0.1) is 0 Å². The number of pyridine rings is 1. The minimum Gasteiger partial charge on any atom is -0.491 e. The monoisotopic (exact) mass is 484 g/mol. The van der Waals surface area contributed by atoms with E-state index in [1.54, 1.807) is 55.6 Å². The van der Waals surface area contributed by atoms with Crippen LogP contribution in [-0.4, -0.2) is 54.0 Å². The molecule has 0 unspecified atom stereocenters. The average Bonchev–Trinajstić information content (AvgIpc) is 3.08. The summed E-state index contributed by atoms with van der Waals surface area (Å²) in [7, 11) is 2.75. The lowest BCUT2D eigenvalue weighted by Gasteiger charge is -2.28. The number of unbranched alkanes of at least 4 members (excludes halogenated alkanes) is 1. The Labute approximate surface area is 204 Å². The lowest BCUT2D eigenvalue weighted by molar-refractivity contribution is -0.140. The molecule has 0 bridgehead atoms. The standard InChI is InChI=1S/C26H32N2O7/c1-18(9-5-7-16-29)26(33)20-17-19(27-15-8-10-22(34-2)24(27)31)12-13-21(20)28(25(26)32)14-6-4-11-23(30)35-3/h5,8-10,12-13,15,17-18,29,33H,4,6-7,11,14,16H2,1-3H3/b9-5+/t18-,26+/m1/s1. The Bertz CT molecular complexity index is 1160. The van der Waals surface area contributed by atoms with E-state index >= 15 is 0 Å². The van der Waals surface area contributed by atoms with Gasteiger partial charge in [0, 0.05) is 42.9 Å². The van der Waals surface area contributed by atoms with Crippen LogP contribution in [0.4, 0.5) is 5.69 Å². The average molecular weight is 485 g/mol. The van der Waals surface area contributed by atoms with E-state index in [9.17, 15) is 19.5 Å². The molecule has 188 valence electrons. The van der Waals surface area contributed by atoms with Gasteiger partial charge < -0.3 is 24.6 Å². The van der Waals surface area contributed by atoms with Crippen molar-refractivity contribution in [3.05, 3.63) is 64.6 Å². The Morgan fingerprint density at radius 3 is 2.66 bits per heavy atom. The van der Waals surface area contributed by atoms with Gasteiger partial charge in [0.25, 0.3) is 11.5 Å². The number of anilines is 1. The molecule has 2 atom stereocenters. The number of amides is 1. The number of carbonyl (C=O) groups is 2. The third kappa shape index (κ3) is 5.16. The quantitative estimate of drug-likeness (QED) is 0.285. The van der Waals surface area contributed by atoms with E-state index in [0.29, 0.717) is 42.7 Å². The van der Waals surface area contributed by atoms with Gasteiger partial charge in [-0.3, -0.25) is 19.0 Å². The van der Waals surface area contributed by atoms with Crippen LogP contribution < -0.4 is 15.2 Å². The number of hydrogen-bond acceptors (Lipinski definition) is 7. The smallest absolute Gasteiger partial charge is 0.305 e. The lowest BCUT2D eigenvalue weighted by Crippen LogP contribution is -2.44. The number of ether oxygens (including phenoxy) is 2. The Kier molecular flexibility index (Phi) is 8.48. The van der Waals surface area contributed by atoms with Crippen LogP contribution in [0.2, 0.25) is 0 Å². The second-order valence-electron chi connectivity index (χ2n) is 8.44. The summed E-state index contributed by atoms with van der Waals surface area (Å²) < 4.78 is 11.2. The highest BCUT2D eigenvalue weighted by Gasteiger charge is 2.52. The molecule has 2 heterocycles. The van der Waals surface area contributed by atoms with E-state index < -0.39 is 17.4 Å². The Morgan fingerprint density at radius 1 is 1.20 bits per heavy atom. The zero-order valence-corrected chi connectivity index (χ0v) is 20.3. The maximum Gasteiger partial charge on any atom is 0.305 e. The first kappa shape index (κ1) is 26.2. The minimum absolute atomic E-state index is 0.0403. The number of aliphatic hydroxyl groups excluding tert-OH is 1. The molecular weight excluding hydrogens is 452 g/mol. The molecule has 9 nitrogen and oxygen atoms in total. The summed E-state index contributed by atoms with van der Waals surface area (Å²) >= 11 is 0. The highest BCUT2D eigenvalue weighted by molar-refractivity contribution is 6.07. The minimum atomic E-state index is -1.86. The van der Waals surface area contributed by atoms with Crippen molar-refractivity contribution < 1.29 is 29.3 Å². The fourth-order valence-electron chi connectivity index (χ4n) is 4.30. The molecule has 2 aromatic rings. The number of methoxy groups -OCH3 is 2. The maximum absolute atomic E-state index is 13.6. The van der Waals surface area contributed by atoms with Gasteiger partial charge in [-0.1, -0.05) is 19.1 Å². The summed E-state index contributed by atoms with van der Waals surface area (Å²) in [6.07, 6.45) is 6.76. The van der Waals surface area contributed by atoms with Crippen molar-refractivity contribution in [1.29, 1.82) is 0 Å². The fraction of sp³-hybridized carbons (Fsp3) is 0.423. The van der Waals surface area contributed by atoms with E-state index in [2.05, 4.69) is 4.74 Å². The van der Waals surface area contributed by atoms with Gasteiger partial charge in [0.15, 0.2) is 11.4 Å². The summed E-state index contributed by atoms with van der Waals surface area (Å²) in [5.41, 5.74) is -0.792. The molecule has 0 saturated heterocycles. The predicted octanol–water partition coefficient (Wildman–Crippen LogP) is 2.30. The molecule has 9 heteroatoms. The van der Waals surface area contributed by atoms with Crippen molar-refractivity contribution >= 4 is 17.6 Å². The second kappa shape index (κ2) is 11.3.